The van der Waals surface area contributed by atoms with E-state index >= 15 is 0 Å². The third kappa shape index (κ3) is 4.05. The fourth-order valence-corrected chi connectivity index (χ4v) is 1.48. The molecular formula is C14H17NO3. The van der Waals surface area contributed by atoms with Crippen molar-refractivity contribution in [2.75, 3.05) is 0 Å². The molecule has 0 spiro atoms. The zero-order valence-electron chi connectivity index (χ0n) is 10.7. The maximum absolute atomic E-state index is 10.9. The lowest BCUT2D eigenvalue weighted by atomic mass is 10.0. The summed E-state index contributed by atoms with van der Waals surface area (Å²) in [5, 5.41) is 11.2. The van der Waals surface area contributed by atoms with E-state index in [0.717, 1.165) is 5.56 Å². The van der Waals surface area contributed by atoms with Crippen LogP contribution < -0.4 is 5.32 Å². The van der Waals surface area contributed by atoms with Gasteiger partial charge in [0.15, 0.2) is 0 Å². The first-order valence-electron chi connectivity index (χ1n) is 5.72. The van der Waals surface area contributed by atoms with Crippen LogP contribution in [0.15, 0.2) is 30.0 Å². The molecular weight excluding hydrogens is 230 g/mol. The van der Waals surface area contributed by atoms with Crippen LogP contribution in [0.3, 0.4) is 0 Å². The number of aliphatic carboxylic acids is 1. The topological polar surface area (TPSA) is 66.4 Å². The quantitative estimate of drug-likeness (QED) is 0.803. The minimum Gasteiger partial charge on any atom is -0.477 e. The maximum atomic E-state index is 10.9. The molecule has 1 rings (SSSR count). The zero-order chi connectivity index (χ0) is 13.7. The summed E-state index contributed by atoms with van der Waals surface area (Å²) >= 11 is 0. The van der Waals surface area contributed by atoms with Crippen molar-refractivity contribution in [3.63, 3.8) is 0 Å². The van der Waals surface area contributed by atoms with Crippen molar-refractivity contribution in [1.29, 1.82) is 0 Å². The number of amides is 1. The number of carbonyl (C=O) groups is 2. The van der Waals surface area contributed by atoms with E-state index in [1.165, 1.54) is 18.6 Å². The molecule has 0 aliphatic rings. The number of carboxylic acid groups (broad SMARTS) is 1. The molecule has 1 amide bonds. The van der Waals surface area contributed by atoms with Crippen molar-refractivity contribution in [3.8, 4) is 0 Å². The zero-order valence-corrected chi connectivity index (χ0v) is 10.7. The van der Waals surface area contributed by atoms with E-state index in [0.29, 0.717) is 5.92 Å². The number of rotatable bonds is 4. The van der Waals surface area contributed by atoms with E-state index in [9.17, 15) is 9.59 Å². The highest BCUT2D eigenvalue weighted by molar-refractivity contribution is 5.96. The van der Waals surface area contributed by atoms with Crippen molar-refractivity contribution in [2.45, 2.75) is 26.7 Å². The Morgan fingerprint density at radius 3 is 2.17 bits per heavy atom. The van der Waals surface area contributed by atoms with Crippen LogP contribution in [0.4, 0.5) is 0 Å². The molecule has 4 heteroatoms. The lowest BCUT2D eigenvalue weighted by molar-refractivity contribution is -0.134. The van der Waals surface area contributed by atoms with E-state index in [4.69, 9.17) is 5.11 Å². The van der Waals surface area contributed by atoms with Gasteiger partial charge in [-0.2, -0.15) is 0 Å². The Kier molecular flexibility index (Phi) is 4.66. The van der Waals surface area contributed by atoms with Gasteiger partial charge in [0, 0.05) is 6.92 Å². The highest BCUT2D eigenvalue weighted by Gasteiger charge is 2.08. The van der Waals surface area contributed by atoms with Crippen LogP contribution in [0.1, 0.15) is 37.8 Å². The van der Waals surface area contributed by atoms with E-state index in [-0.39, 0.29) is 5.70 Å². The van der Waals surface area contributed by atoms with Gasteiger partial charge in [-0.15, -0.1) is 0 Å². The van der Waals surface area contributed by atoms with Crippen LogP contribution in [0.5, 0.6) is 0 Å². The normalized spacial score (nSPS) is 11.4. The monoisotopic (exact) mass is 247 g/mol. The molecule has 0 heterocycles. The molecule has 0 aliphatic carbocycles. The first kappa shape index (κ1) is 14.0. The van der Waals surface area contributed by atoms with Crippen LogP contribution in [-0.4, -0.2) is 17.0 Å². The van der Waals surface area contributed by atoms with Gasteiger partial charge in [-0.1, -0.05) is 38.1 Å². The molecule has 0 fully saturated rings. The largest absolute Gasteiger partial charge is 0.477 e. The number of benzene rings is 1. The van der Waals surface area contributed by atoms with Crippen molar-refractivity contribution in [1.82, 2.24) is 5.32 Å². The average molecular weight is 247 g/mol. The molecule has 1 aromatic rings. The third-order valence-electron chi connectivity index (χ3n) is 2.46. The van der Waals surface area contributed by atoms with Crippen LogP contribution in [0.25, 0.3) is 6.08 Å². The third-order valence-corrected chi connectivity index (χ3v) is 2.46. The van der Waals surface area contributed by atoms with E-state index in [2.05, 4.69) is 19.2 Å². The predicted molar refractivity (Wildman–Crippen MR) is 70.0 cm³/mol. The highest BCUT2D eigenvalue weighted by atomic mass is 16.4. The molecule has 0 saturated heterocycles. The van der Waals surface area contributed by atoms with Gasteiger partial charge >= 0.3 is 5.97 Å². The second kappa shape index (κ2) is 6.00. The number of hydrogen-bond acceptors (Lipinski definition) is 2. The fraction of sp³-hybridized carbons (Fsp3) is 0.286. The van der Waals surface area contributed by atoms with Crippen LogP contribution in [0, 0.1) is 0 Å². The van der Waals surface area contributed by atoms with E-state index in [1.54, 1.807) is 0 Å². The van der Waals surface area contributed by atoms with Crippen LogP contribution >= 0.6 is 0 Å². The van der Waals surface area contributed by atoms with Gasteiger partial charge in [-0.05, 0) is 23.1 Å². The van der Waals surface area contributed by atoms with Crippen molar-refractivity contribution >= 4 is 18.0 Å². The summed E-state index contributed by atoms with van der Waals surface area (Å²) in [7, 11) is 0. The van der Waals surface area contributed by atoms with Crippen LogP contribution in [0.2, 0.25) is 0 Å². The number of carbonyl (C=O) groups excluding carboxylic acids is 1. The molecule has 0 unspecified atom stereocenters. The Balaban J connectivity index is 2.97. The van der Waals surface area contributed by atoms with Gasteiger partial charge in [0.1, 0.15) is 5.70 Å². The number of nitrogens with one attached hydrogen (secondary N) is 1. The van der Waals surface area contributed by atoms with Crippen LogP contribution in [-0.2, 0) is 9.59 Å². The fourth-order valence-electron chi connectivity index (χ4n) is 1.48. The Morgan fingerprint density at radius 2 is 1.78 bits per heavy atom. The van der Waals surface area contributed by atoms with Gasteiger partial charge in [0.2, 0.25) is 5.91 Å². The van der Waals surface area contributed by atoms with Gasteiger partial charge in [0.25, 0.3) is 0 Å². The summed E-state index contributed by atoms with van der Waals surface area (Å²) in [5.41, 5.74) is 1.80. The smallest absolute Gasteiger partial charge is 0.352 e. The molecule has 0 saturated carbocycles. The van der Waals surface area contributed by atoms with E-state index in [1.807, 2.05) is 24.3 Å². The Labute approximate surface area is 106 Å². The molecule has 96 valence electrons. The molecule has 0 atom stereocenters. The SMILES string of the molecule is CC(=O)N/C(=C/c1ccc(C(C)C)cc1)C(=O)O. The van der Waals surface area contributed by atoms with Crippen molar-refractivity contribution < 1.29 is 14.7 Å². The van der Waals surface area contributed by atoms with Gasteiger partial charge < -0.3 is 10.4 Å². The Morgan fingerprint density at radius 1 is 1.22 bits per heavy atom. The average Bonchev–Trinajstić information content (AvgIpc) is 2.28. The molecule has 0 aliphatic heterocycles. The van der Waals surface area contributed by atoms with Crippen molar-refractivity contribution in [2.24, 2.45) is 0 Å². The molecule has 0 radical (unpaired) electrons. The summed E-state index contributed by atoms with van der Waals surface area (Å²) in [6, 6.07) is 7.56. The lowest BCUT2D eigenvalue weighted by Crippen LogP contribution is -2.24. The minimum absolute atomic E-state index is 0.125. The Bertz CT molecular complexity index is 472. The minimum atomic E-state index is -1.15. The summed E-state index contributed by atoms with van der Waals surface area (Å²) in [5.74, 6) is -1.13. The van der Waals surface area contributed by atoms with E-state index < -0.39 is 11.9 Å². The maximum Gasteiger partial charge on any atom is 0.352 e. The second-order valence-corrected chi connectivity index (χ2v) is 4.37. The molecule has 0 aromatic heterocycles. The Hall–Kier alpha value is -2.10. The van der Waals surface area contributed by atoms with Crippen molar-refractivity contribution in [3.05, 3.63) is 41.1 Å². The van der Waals surface area contributed by atoms with Gasteiger partial charge in [0.05, 0.1) is 0 Å². The van der Waals surface area contributed by atoms with Gasteiger partial charge in [-0.25, -0.2) is 4.79 Å². The number of hydrogen-bond donors (Lipinski definition) is 2. The number of carboxylic acids is 1. The molecule has 1 aromatic carbocycles. The second-order valence-electron chi connectivity index (χ2n) is 4.37. The summed E-state index contributed by atoms with van der Waals surface area (Å²) in [6.07, 6.45) is 1.44. The predicted octanol–water partition coefficient (Wildman–Crippen LogP) is 2.37. The molecule has 0 bridgehead atoms. The molecule has 4 nitrogen and oxygen atoms in total. The molecule has 2 N–H and O–H groups in total. The molecule has 18 heavy (non-hydrogen) atoms. The first-order chi connectivity index (χ1) is 8.40. The summed E-state index contributed by atoms with van der Waals surface area (Å²) < 4.78 is 0. The standard InChI is InChI=1S/C14H17NO3/c1-9(2)12-6-4-11(5-7-12)8-13(14(17)18)15-10(3)16/h4-9H,1-3H3,(H,15,16)(H,17,18)/b13-8+. The summed E-state index contributed by atoms with van der Waals surface area (Å²) in [6.45, 7) is 5.45. The lowest BCUT2D eigenvalue weighted by Gasteiger charge is -2.06. The first-order valence-corrected chi connectivity index (χ1v) is 5.72. The van der Waals surface area contributed by atoms with Gasteiger partial charge in [-0.3, -0.25) is 4.79 Å². The summed E-state index contributed by atoms with van der Waals surface area (Å²) in [4.78, 5) is 21.8. The highest BCUT2D eigenvalue weighted by Crippen LogP contribution is 2.15.